The highest BCUT2D eigenvalue weighted by Crippen LogP contribution is 2.43. The standard InChI is InChI=1S/C17H17BrClF2N5S/c18-14-11(10-3-4-17(20,21)7-12(10)22)6-13-15(24-16(19)25-26(13)14)23-8-9-2-1-5-27-9/h1-2,5-6,10,12H,3-4,7-8,22H2,(H,23,24,25)/t10-,12+/m1/s1. The van der Waals surface area contributed by atoms with Crippen LogP contribution in [0, 0.1) is 0 Å². The van der Waals surface area contributed by atoms with Crippen molar-refractivity contribution in [2.75, 3.05) is 5.32 Å². The van der Waals surface area contributed by atoms with Gasteiger partial charge in [0.2, 0.25) is 11.2 Å². The molecule has 0 spiro atoms. The number of hydrogen-bond acceptors (Lipinski definition) is 5. The van der Waals surface area contributed by atoms with Gasteiger partial charge in [0.1, 0.15) is 10.1 Å². The lowest BCUT2D eigenvalue weighted by Crippen LogP contribution is -2.40. The van der Waals surface area contributed by atoms with E-state index in [4.69, 9.17) is 17.3 Å². The second-order valence-corrected chi connectivity index (χ2v) is 8.84. The van der Waals surface area contributed by atoms with Crippen LogP contribution in [0.4, 0.5) is 14.6 Å². The lowest BCUT2D eigenvalue weighted by molar-refractivity contribution is -0.0447. The SMILES string of the molecule is N[C@H]1CC(F)(F)CC[C@@H]1c1cc2c(NCc3cccs3)nc(Cl)nn2c1Br. The first-order chi connectivity index (χ1) is 12.8. The van der Waals surface area contributed by atoms with E-state index in [-0.39, 0.29) is 24.0 Å². The van der Waals surface area contributed by atoms with Gasteiger partial charge in [-0.1, -0.05) is 6.07 Å². The Hall–Kier alpha value is -1.29. The van der Waals surface area contributed by atoms with Gasteiger partial charge in [-0.05, 0) is 57.0 Å². The van der Waals surface area contributed by atoms with Crippen LogP contribution in [0.25, 0.3) is 5.52 Å². The van der Waals surface area contributed by atoms with Gasteiger partial charge in [0.25, 0.3) is 0 Å². The summed E-state index contributed by atoms with van der Waals surface area (Å²) in [7, 11) is 0. The van der Waals surface area contributed by atoms with Crippen LogP contribution in [0.5, 0.6) is 0 Å². The molecule has 0 amide bonds. The molecule has 5 nitrogen and oxygen atoms in total. The molecule has 1 fully saturated rings. The van der Waals surface area contributed by atoms with E-state index in [9.17, 15) is 8.78 Å². The number of fused-ring (bicyclic) bond motifs is 1. The molecule has 3 aromatic heterocycles. The van der Waals surface area contributed by atoms with Gasteiger partial charge in [0, 0.05) is 29.7 Å². The third-order valence-corrected chi connectivity index (χ3v) is 6.69. The maximum Gasteiger partial charge on any atom is 0.249 e. The zero-order valence-electron chi connectivity index (χ0n) is 14.1. The third kappa shape index (κ3) is 3.83. The molecule has 1 aliphatic rings. The van der Waals surface area contributed by atoms with Gasteiger partial charge in [-0.2, -0.15) is 4.98 Å². The minimum Gasteiger partial charge on any atom is -0.363 e. The first-order valence-corrected chi connectivity index (χ1v) is 10.5. The van der Waals surface area contributed by atoms with Crippen LogP contribution < -0.4 is 11.1 Å². The van der Waals surface area contributed by atoms with Crippen molar-refractivity contribution in [3.8, 4) is 0 Å². The van der Waals surface area contributed by atoms with Gasteiger partial charge in [-0.3, -0.25) is 0 Å². The summed E-state index contributed by atoms with van der Waals surface area (Å²) in [5.41, 5.74) is 7.66. The number of nitrogens with two attached hydrogens (primary N) is 1. The quantitative estimate of drug-likeness (QED) is 0.553. The Kier molecular flexibility index (Phi) is 5.13. The molecule has 0 saturated heterocycles. The average molecular weight is 477 g/mol. The Morgan fingerprint density at radius 1 is 1.48 bits per heavy atom. The lowest BCUT2D eigenvalue weighted by atomic mass is 9.79. The second-order valence-electron chi connectivity index (χ2n) is 6.72. The van der Waals surface area contributed by atoms with Crippen molar-refractivity contribution in [3.63, 3.8) is 0 Å². The van der Waals surface area contributed by atoms with Crippen LogP contribution in [-0.4, -0.2) is 26.6 Å². The molecule has 0 unspecified atom stereocenters. The normalized spacial score (nSPS) is 22.3. The van der Waals surface area contributed by atoms with Crippen molar-refractivity contribution in [1.29, 1.82) is 0 Å². The molecular formula is C17H17BrClF2N5S. The Morgan fingerprint density at radius 3 is 3.00 bits per heavy atom. The van der Waals surface area contributed by atoms with Crippen molar-refractivity contribution in [3.05, 3.63) is 43.9 Å². The van der Waals surface area contributed by atoms with Gasteiger partial charge in [0.15, 0.2) is 5.82 Å². The molecule has 3 heterocycles. The van der Waals surface area contributed by atoms with Crippen LogP contribution in [0.3, 0.4) is 0 Å². The molecule has 2 atom stereocenters. The number of hydrogen-bond donors (Lipinski definition) is 2. The highest BCUT2D eigenvalue weighted by Gasteiger charge is 2.41. The van der Waals surface area contributed by atoms with E-state index >= 15 is 0 Å². The van der Waals surface area contributed by atoms with E-state index in [0.29, 0.717) is 23.4 Å². The number of nitrogens with zero attached hydrogens (tertiary/aromatic N) is 3. The fourth-order valence-electron chi connectivity index (χ4n) is 3.55. The fourth-order valence-corrected chi connectivity index (χ4v) is 5.03. The van der Waals surface area contributed by atoms with Crippen LogP contribution in [0.1, 0.15) is 35.6 Å². The number of rotatable bonds is 4. The van der Waals surface area contributed by atoms with Gasteiger partial charge in [-0.25, -0.2) is 13.3 Å². The van der Waals surface area contributed by atoms with Gasteiger partial charge < -0.3 is 11.1 Å². The summed E-state index contributed by atoms with van der Waals surface area (Å²) in [5, 5.41) is 9.63. The van der Waals surface area contributed by atoms with Gasteiger partial charge in [0.05, 0.1) is 6.54 Å². The van der Waals surface area contributed by atoms with Crippen LogP contribution >= 0.6 is 38.9 Å². The molecule has 10 heteroatoms. The number of anilines is 1. The Morgan fingerprint density at radius 2 is 2.30 bits per heavy atom. The highest BCUT2D eigenvalue weighted by molar-refractivity contribution is 9.10. The van der Waals surface area contributed by atoms with Crippen molar-refractivity contribution in [2.24, 2.45) is 5.73 Å². The largest absolute Gasteiger partial charge is 0.363 e. The van der Waals surface area contributed by atoms with E-state index in [1.165, 1.54) is 0 Å². The molecular weight excluding hydrogens is 460 g/mol. The third-order valence-electron chi connectivity index (χ3n) is 4.86. The highest BCUT2D eigenvalue weighted by atomic mass is 79.9. The fraction of sp³-hybridized carbons (Fsp3) is 0.412. The van der Waals surface area contributed by atoms with Crippen molar-refractivity contribution >= 4 is 50.2 Å². The predicted molar refractivity (Wildman–Crippen MR) is 107 cm³/mol. The van der Waals surface area contributed by atoms with Gasteiger partial charge in [-0.15, -0.1) is 16.4 Å². The molecule has 0 aliphatic heterocycles. The molecule has 3 N–H and O–H groups in total. The first kappa shape index (κ1) is 19.0. The number of nitrogens with one attached hydrogen (secondary N) is 1. The molecule has 4 rings (SSSR count). The summed E-state index contributed by atoms with van der Waals surface area (Å²) < 4.78 is 29.6. The monoisotopic (exact) mass is 475 g/mol. The van der Waals surface area contributed by atoms with E-state index in [2.05, 4.69) is 31.3 Å². The zero-order chi connectivity index (χ0) is 19.2. The molecule has 0 bridgehead atoms. The molecule has 144 valence electrons. The molecule has 27 heavy (non-hydrogen) atoms. The summed E-state index contributed by atoms with van der Waals surface area (Å²) in [6.45, 7) is 0.605. The summed E-state index contributed by atoms with van der Waals surface area (Å²) >= 11 is 11.3. The summed E-state index contributed by atoms with van der Waals surface area (Å²) in [6, 6.07) is 5.30. The summed E-state index contributed by atoms with van der Waals surface area (Å²) in [5.74, 6) is -2.28. The Bertz CT molecular complexity index is 962. The van der Waals surface area contributed by atoms with Crippen molar-refractivity contribution in [2.45, 2.75) is 43.7 Å². The molecule has 0 radical (unpaired) electrons. The van der Waals surface area contributed by atoms with Crippen molar-refractivity contribution < 1.29 is 8.78 Å². The number of thiophene rings is 1. The minimum atomic E-state index is -2.70. The number of alkyl halides is 2. The van der Waals surface area contributed by atoms with E-state index in [0.717, 1.165) is 16.0 Å². The Balaban J connectivity index is 1.69. The molecule has 1 saturated carbocycles. The lowest BCUT2D eigenvalue weighted by Gasteiger charge is -2.33. The van der Waals surface area contributed by atoms with E-state index in [1.807, 2.05) is 23.6 Å². The Labute approximate surface area is 172 Å². The van der Waals surface area contributed by atoms with E-state index in [1.54, 1.807) is 15.9 Å². The van der Waals surface area contributed by atoms with Crippen LogP contribution in [-0.2, 0) is 6.54 Å². The maximum absolute atomic E-state index is 13.7. The topological polar surface area (TPSA) is 68.2 Å². The first-order valence-electron chi connectivity index (χ1n) is 8.48. The maximum atomic E-state index is 13.7. The second kappa shape index (κ2) is 7.27. The zero-order valence-corrected chi connectivity index (χ0v) is 17.3. The average Bonchev–Trinajstić information content (AvgIpc) is 3.21. The summed E-state index contributed by atoms with van der Waals surface area (Å²) in [4.78, 5) is 5.46. The van der Waals surface area contributed by atoms with Crippen LogP contribution in [0.2, 0.25) is 5.28 Å². The van der Waals surface area contributed by atoms with Crippen LogP contribution in [0.15, 0.2) is 28.2 Å². The predicted octanol–water partition coefficient (Wildman–Crippen LogP) is 5.05. The minimum absolute atomic E-state index is 0.0958. The number of halogens is 4. The molecule has 1 aliphatic carbocycles. The van der Waals surface area contributed by atoms with Gasteiger partial charge >= 0.3 is 0 Å². The van der Waals surface area contributed by atoms with Crippen molar-refractivity contribution in [1.82, 2.24) is 14.6 Å². The molecule has 0 aromatic carbocycles. The smallest absolute Gasteiger partial charge is 0.249 e. The summed E-state index contributed by atoms with van der Waals surface area (Å²) in [6.07, 6.45) is -0.158. The number of aromatic nitrogens is 3. The van der Waals surface area contributed by atoms with E-state index < -0.39 is 12.0 Å². The molecule has 3 aromatic rings.